The highest BCUT2D eigenvalue weighted by atomic mass is 28.3. The summed E-state index contributed by atoms with van der Waals surface area (Å²) in [4.78, 5) is 11.3. The lowest BCUT2D eigenvalue weighted by Gasteiger charge is -2.20. The number of benzene rings is 2. The van der Waals surface area contributed by atoms with Crippen molar-refractivity contribution >= 4 is 25.5 Å². The molecule has 0 saturated carbocycles. The van der Waals surface area contributed by atoms with Crippen molar-refractivity contribution in [2.24, 2.45) is 0 Å². The highest BCUT2D eigenvalue weighted by Gasteiger charge is 2.31. The summed E-state index contributed by atoms with van der Waals surface area (Å²) in [6.07, 6.45) is -0.521. The van der Waals surface area contributed by atoms with Gasteiger partial charge in [-0.05, 0) is 17.3 Å². The molecule has 0 aliphatic carbocycles. The molecule has 0 spiro atoms. The van der Waals surface area contributed by atoms with Gasteiger partial charge in [0.05, 0.1) is 12.6 Å². The van der Waals surface area contributed by atoms with Gasteiger partial charge in [0, 0.05) is 0 Å². The van der Waals surface area contributed by atoms with E-state index in [-0.39, 0.29) is 18.2 Å². The Morgan fingerprint density at radius 2 is 1.59 bits per heavy atom. The van der Waals surface area contributed by atoms with Gasteiger partial charge in [0.15, 0.2) is 0 Å². The third kappa shape index (κ3) is 3.37. The molecule has 1 aliphatic heterocycles. The molecule has 114 valence electrons. The molecule has 2 aromatic rings. The van der Waals surface area contributed by atoms with E-state index in [0.29, 0.717) is 6.61 Å². The van der Waals surface area contributed by atoms with Crippen LogP contribution in [-0.4, -0.2) is 33.9 Å². The molecule has 1 fully saturated rings. The van der Waals surface area contributed by atoms with Gasteiger partial charge in [0.1, 0.15) is 6.10 Å². The standard InChI is InChI=1S/C17H19NO3Si/c1-13-16(18-17(19)21-13)12-20-22(14-8-4-2-5-9-14)15-10-6-3-7-11-15/h2-11,13,16,22H,12H2,1H3,(H,18,19)/t13-,16-/m0/s1. The Morgan fingerprint density at radius 3 is 2.05 bits per heavy atom. The zero-order chi connectivity index (χ0) is 15.4. The van der Waals surface area contributed by atoms with E-state index in [1.165, 1.54) is 10.4 Å². The minimum atomic E-state index is -1.76. The Morgan fingerprint density at radius 1 is 1.05 bits per heavy atom. The van der Waals surface area contributed by atoms with Crippen molar-refractivity contribution in [3.05, 3.63) is 60.7 Å². The van der Waals surface area contributed by atoms with Gasteiger partial charge in [-0.2, -0.15) is 0 Å². The predicted molar refractivity (Wildman–Crippen MR) is 88.1 cm³/mol. The van der Waals surface area contributed by atoms with Gasteiger partial charge in [-0.15, -0.1) is 0 Å². The Labute approximate surface area is 131 Å². The number of cyclic esters (lactones) is 1. The zero-order valence-electron chi connectivity index (χ0n) is 12.4. The molecule has 22 heavy (non-hydrogen) atoms. The molecule has 1 aliphatic rings. The van der Waals surface area contributed by atoms with E-state index in [4.69, 9.17) is 9.16 Å². The summed E-state index contributed by atoms with van der Waals surface area (Å²) in [5, 5.41) is 5.25. The number of hydrogen-bond acceptors (Lipinski definition) is 3. The quantitative estimate of drug-likeness (QED) is 0.839. The van der Waals surface area contributed by atoms with Crippen LogP contribution >= 0.6 is 0 Å². The minimum absolute atomic E-state index is 0.0880. The van der Waals surface area contributed by atoms with Crippen LogP contribution in [0.15, 0.2) is 60.7 Å². The fourth-order valence-corrected chi connectivity index (χ4v) is 4.88. The zero-order valence-corrected chi connectivity index (χ0v) is 13.6. The molecular formula is C17H19NO3Si. The molecule has 2 atom stereocenters. The topological polar surface area (TPSA) is 47.6 Å². The van der Waals surface area contributed by atoms with Crippen LogP contribution in [-0.2, 0) is 9.16 Å². The molecule has 1 heterocycles. The highest BCUT2D eigenvalue weighted by Crippen LogP contribution is 2.09. The second-order valence-corrected chi connectivity index (χ2v) is 7.82. The fraction of sp³-hybridized carbons (Fsp3) is 0.235. The van der Waals surface area contributed by atoms with Crippen molar-refractivity contribution in [1.29, 1.82) is 0 Å². The van der Waals surface area contributed by atoms with Crippen LogP contribution in [0.5, 0.6) is 0 Å². The number of nitrogens with one attached hydrogen (secondary N) is 1. The molecule has 0 radical (unpaired) electrons. The van der Waals surface area contributed by atoms with Crippen molar-refractivity contribution in [1.82, 2.24) is 5.32 Å². The van der Waals surface area contributed by atoms with Crippen molar-refractivity contribution in [2.45, 2.75) is 19.1 Å². The van der Waals surface area contributed by atoms with E-state index in [9.17, 15) is 4.79 Å². The van der Waals surface area contributed by atoms with E-state index >= 15 is 0 Å². The van der Waals surface area contributed by atoms with Crippen LogP contribution in [0.25, 0.3) is 0 Å². The normalized spacial score (nSPS) is 20.7. The predicted octanol–water partition coefficient (Wildman–Crippen LogP) is 1.04. The number of alkyl carbamates (subject to hydrolysis) is 1. The summed E-state index contributed by atoms with van der Waals surface area (Å²) in [6.45, 7) is 2.35. The molecule has 1 amide bonds. The summed E-state index contributed by atoms with van der Waals surface area (Å²) in [7, 11) is -1.76. The minimum Gasteiger partial charge on any atom is -0.444 e. The summed E-state index contributed by atoms with van der Waals surface area (Å²) in [5.41, 5.74) is 0. The van der Waals surface area contributed by atoms with Gasteiger partial charge in [0.2, 0.25) is 9.04 Å². The van der Waals surface area contributed by atoms with Crippen LogP contribution in [0.3, 0.4) is 0 Å². The Kier molecular flexibility index (Phi) is 4.55. The van der Waals surface area contributed by atoms with Gasteiger partial charge in [-0.1, -0.05) is 60.7 Å². The van der Waals surface area contributed by atoms with E-state index in [0.717, 1.165) is 0 Å². The van der Waals surface area contributed by atoms with E-state index in [2.05, 4.69) is 29.6 Å². The summed E-state index contributed by atoms with van der Waals surface area (Å²) in [6, 6.07) is 20.5. The first kappa shape index (κ1) is 14.8. The first-order chi connectivity index (χ1) is 10.7. The second-order valence-electron chi connectivity index (χ2n) is 5.40. The molecule has 1 saturated heterocycles. The van der Waals surface area contributed by atoms with Crippen molar-refractivity contribution in [3.8, 4) is 0 Å². The molecule has 0 unspecified atom stereocenters. The smallest absolute Gasteiger partial charge is 0.407 e. The second kappa shape index (κ2) is 6.77. The Balaban J connectivity index is 1.76. The molecule has 5 heteroatoms. The number of hydrogen-bond donors (Lipinski definition) is 1. The van der Waals surface area contributed by atoms with Gasteiger partial charge in [-0.3, -0.25) is 0 Å². The molecule has 2 aromatic carbocycles. The van der Waals surface area contributed by atoms with Crippen LogP contribution < -0.4 is 15.7 Å². The fourth-order valence-electron chi connectivity index (χ4n) is 2.57. The lowest BCUT2D eigenvalue weighted by atomic mass is 10.2. The van der Waals surface area contributed by atoms with Crippen molar-refractivity contribution in [3.63, 3.8) is 0 Å². The summed E-state index contributed by atoms with van der Waals surface area (Å²) < 4.78 is 11.4. The third-order valence-corrected chi connectivity index (χ3v) is 6.32. The van der Waals surface area contributed by atoms with Crippen LogP contribution in [0.4, 0.5) is 4.79 Å². The van der Waals surface area contributed by atoms with Crippen LogP contribution in [0.2, 0.25) is 0 Å². The summed E-state index contributed by atoms with van der Waals surface area (Å²) in [5.74, 6) is 0. The van der Waals surface area contributed by atoms with Crippen LogP contribution in [0, 0.1) is 0 Å². The maximum absolute atomic E-state index is 11.3. The molecule has 0 aromatic heterocycles. The van der Waals surface area contributed by atoms with Crippen molar-refractivity contribution < 1.29 is 14.0 Å². The van der Waals surface area contributed by atoms with E-state index in [1.807, 2.05) is 43.3 Å². The molecule has 4 nitrogen and oxygen atoms in total. The SMILES string of the molecule is C[C@@H]1OC(=O)N[C@H]1CO[SiH](c1ccccc1)c1ccccc1. The molecule has 1 N–H and O–H groups in total. The van der Waals surface area contributed by atoms with Gasteiger partial charge >= 0.3 is 6.09 Å². The van der Waals surface area contributed by atoms with E-state index in [1.54, 1.807) is 0 Å². The monoisotopic (exact) mass is 313 g/mol. The molecular weight excluding hydrogens is 294 g/mol. The number of rotatable bonds is 5. The number of carbonyl (C=O) groups excluding carboxylic acids is 1. The lowest BCUT2D eigenvalue weighted by molar-refractivity contribution is 0.133. The number of ether oxygens (including phenoxy) is 1. The maximum Gasteiger partial charge on any atom is 0.407 e. The number of carbonyl (C=O) groups is 1. The average Bonchev–Trinajstić information content (AvgIpc) is 2.87. The first-order valence-electron chi connectivity index (χ1n) is 7.42. The Hall–Kier alpha value is -2.11. The first-order valence-corrected chi connectivity index (χ1v) is 9.05. The largest absolute Gasteiger partial charge is 0.444 e. The maximum atomic E-state index is 11.3. The lowest BCUT2D eigenvalue weighted by Crippen LogP contribution is -2.48. The average molecular weight is 313 g/mol. The Bertz CT molecular complexity index is 581. The number of amides is 1. The third-order valence-electron chi connectivity index (χ3n) is 3.81. The van der Waals surface area contributed by atoms with Gasteiger partial charge < -0.3 is 14.5 Å². The van der Waals surface area contributed by atoms with Gasteiger partial charge in [-0.25, -0.2) is 4.79 Å². The van der Waals surface area contributed by atoms with Crippen LogP contribution in [0.1, 0.15) is 6.92 Å². The van der Waals surface area contributed by atoms with E-state index < -0.39 is 9.04 Å². The summed E-state index contributed by atoms with van der Waals surface area (Å²) >= 11 is 0. The molecule has 3 rings (SSSR count). The van der Waals surface area contributed by atoms with Crippen molar-refractivity contribution in [2.75, 3.05) is 6.61 Å². The molecule has 0 bridgehead atoms. The van der Waals surface area contributed by atoms with Gasteiger partial charge in [0.25, 0.3) is 0 Å². The highest BCUT2D eigenvalue weighted by molar-refractivity contribution is 6.80.